The van der Waals surface area contributed by atoms with Crippen molar-refractivity contribution in [1.82, 2.24) is 29.0 Å². The normalized spacial score (nSPS) is 16.8. The lowest BCUT2D eigenvalue weighted by Gasteiger charge is -2.26. The van der Waals surface area contributed by atoms with Crippen LogP contribution in [-0.2, 0) is 28.0 Å². The van der Waals surface area contributed by atoms with Gasteiger partial charge in [-0.1, -0.05) is 11.3 Å². The Morgan fingerprint density at radius 1 is 1.17 bits per heavy atom. The summed E-state index contributed by atoms with van der Waals surface area (Å²) < 4.78 is 26.5. The van der Waals surface area contributed by atoms with Crippen molar-refractivity contribution in [2.24, 2.45) is 0 Å². The Morgan fingerprint density at radius 2 is 1.88 bits per heavy atom. The number of likely N-dealkylation sites (tertiary alicyclic amines) is 1. The molecule has 3 aromatic heterocycles. The summed E-state index contributed by atoms with van der Waals surface area (Å²) in [5.74, 6) is -0.0384. The van der Waals surface area contributed by atoms with E-state index in [4.69, 9.17) is 9.84 Å². The summed E-state index contributed by atoms with van der Waals surface area (Å²) in [6, 6.07) is 4.23. The minimum atomic E-state index is -1.01. The molecule has 4 aromatic rings. The van der Waals surface area contributed by atoms with Gasteiger partial charge in [0.1, 0.15) is 21.4 Å². The number of ether oxygens (including phenoxy) is 2. The number of aryl methyl sites for hydroxylation is 3. The molecular formula is C27H33FN6O6S. The number of nitrogens with zero attached hydrogens (tertiary/aromatic N) is 6. The smallest absolute Gasteiger partial charge is 0.332 e. The molecule has 0 saturated carbocycles. The van der Waals surface area contributed by atoms with Crippen LogP contribution in [0.4, 0.5) is 4.39 Å². The van der Waals surface area contributed by atoms with Gasteiger partial charge in [-0.3, -0.25) is 18.7 Å². The highest BCUT2D eigenvalue weighted by Gasteiger charge is 2.42. The van der Waals surface area contributed by atoms with Crippen molar-refractivity contribution in [2.45, 2.75) is 38.8 Å². The number of methoxy groups -OCH3 is 2. The van der Waals surface area contributed by atoms with Crippen LogP contribution >= 0.6 is 11.3 Å². The quantitative estimate of drug-likeness (QED) is 0.329. The Morgan fingerprint density at radius 3 is 2.44 bits per heavy atom. The first-order chi connectivity index (χ1) is 19.6. The predicted octanol–water partition coefficient (Wildman–Crippen LogP) is 1.71. The number of hydrogen-bond donors (Lipinski definition) is 1. The number of aromatic nitrogens is 5. The van der Waals surface area contributed by atoms with Crippen molar-refractivity contribution in [2.75, 3.05) is 41.0 Å². The molecule has 41 heavy (non-hydrogen) atoms. The molecule has 0 spiro atoms. The van der Waals surface area contributed by atoms with Crippen LogP contribution in [0.1, 0.15) is 24.5 Å². The zero-order valence-corrected chi connectivity index (χ0v) is 24.4. The first-order valence-electron chi connectivity index (χ1n) is 12.9. The molecule has 0 radical (unpaired) electrons. The number of benzene rings is 1. The Balaban J connectivity index is 0.000000714. The van der Waals surface area contributed by atoms with Gasteiger partial charge in [-0.25, -0.2) is 9.18 Å². The van der Waals surface area contributed by atoms with Crippen LogP contribution < -0.4 is 16.0 Å². The third-order valence-electron chi connectivity index (χ3n) is 7.01. The van der Waals surface area contributed by atoms with E-state index in [1.54, 1.807) is 34.1 Å². The van der Waals surface area contributed by atoms with E-state index in [0.29, 0.717) is 38.7 Å². The van der Waals surface area contributed by atoms with E-state index in [1.165, 1.54) is 61.8 Å². The maximum absolute atomic E-state index is 14.0. The number of hydrogen-bond acceptors (Lipinski definition) is 9. The molecule has 1 saturated heterocycles. The lowest BCUT2D eigenvalue weighted by Crippen LogP contribution is -2.51. The van der Waals surface area contributed by atoms with E-state index in [-0.39, 0.29) is 38.4 Å². The predicted molar refractivity (Wildman–Crippen MR) is 152 cm³/mol. The number of rotatable bonds is 8. The van der Waals surface area contributed by atoms with Gasteiger partial charge in [0.2, 0.25) is 5.91 Å². The third-order valence-corrected chi connectivity index (χ3v) is 8.29. The van der Waals surface area contributed by atoms with Crippen LogP contribution in [0.2, 0.25) is 0 Å². The SMILES string of the molecule is COCCO.COc1ccc(F)cc1CCn1c(=O)n([C@]2(C)CC(=O)N(C)C2)c(=O)c2c(C)c(-n3nccn3)sc21. The Bertz CT molecular complexity index is 1660. The number of fused-ring (bicyclic) bond motifs is 1. The van der Waals surface area contributed by atoms with Crippen LogP contribution in [0.15, 0.2) is 40.2 Å². The molecule has 5 rings (SSSR count). The van der Waals surface area contributed by atoms with Crippen molar-refractivity contribution in [3.05, 3.63) is 68.4 Å². The second-order valence-electron chi connectivity index (χ2n) is 9.95. The van der Waals surface area contributed by atoms with Crippen molar-refractivity contribution in [3.63, 3.8) is 0 Å². The number of likely N-dealkylation sites (N-methyl/N-ethyl adjacent to an activating group) is 1. The van der Waals surface area contributed by atoms with E-state index in [2.05, 4.69) is 14.9 Å². The first-order valence-corrected chi connectivity index (χ1v) is 13.7. The molecular weight excluding hydrogens is 555 g/mol. The second kappa shape index (κ2) is 12.3. The number of aliphatic hydroxyl groups is 1. The van der Waals surface area contributed by atoms with Crippen molar-refractivity contribution >= 4 is 27.5 Å². The Kier molecular flexibility index (Phi) is 9.05. The van der Waals surface area contributed by atoms with E-state index >= 15 is 0 Å². The average Bonchev–Trinajstić information content (AvgIpc) is 3.63. The molecule has 0 aliphatic carbocycles. The van der Waals surface area contributed by atoms with E-state index in [1.807, 2.05) is 0 Å². The number of aliphatic hydroxyl groups excluding tert-OH is 1. The summed E-state index contributed by atoms with van der Waals surface area (Å²) in [4.78, 5) is 43.6. The first kappa shape index (κ1) is 30.1. The third kappa shape index (κ3) is 5.80. The summed E-state index contributed by atoms with van der Waals surface area (Å²) in [5.41, 5.74) is -0.741. The van der Waals surface area contributed by atoms with Gasteiger partial charge in [-0.2, -0.15) is 10.2 Å². The standard InChI is InChI=1S/C24H25FN6O4S.C3H8O2/c1-14-19-20(33)30(24(2)12-18(32)28(3)13-24)23(34)29(22(19)36-21(14)31-26-8-9-27-31)10-7-15-11-16(25)5-6-17(15)35-4;1-5-3-2-4/h5-6,8-9,11H,7,10,12-13H2,1-4H3;4H,2-3H2,1H3/t24-;/m1./s1. The fourth-order valence-electron chi connectivity index (χ4n) is 5.05. The molecule has 220 valence electrons. The molecule has 1 aliphatic heterocycles. The van der Waals surface area contributed by atoms with Gasteiger partial charge in [-0.05, 0) is 44.0 Å². The molecule has 1 amide bonds. The maximum atomic E-state index is 14.0. The molecule has 4 heterocycles. The Hall–Kier alpha value is -3.88. The maximum Gasteiger partial charge on any atom is 0.332 e. The number of carbonyl (C=O) groups excluding carboxylic acids is 1. The lowest BCUT2D eigenvalue weighted by atomic mass is 10.0. The number of carbonyl (C=O) groups is 1. The largest absolute Gasteiger partial charge is 0.496 e. The van der Waals surface area contributed by atoms with Gasteiger partial charge < -0.3 is 19.5 Å². The van der Waals surface area contributed by atoms with Crippen LogP contribution in [0.25, 0.3) is 15.2 Å². The van der Waals surface area contributed by atoms with Gasteiger partial charge in [-0.15, -0.1) is 4.80 Å². The van der Waals surface area contributed by atoms with Gasteiger partial charge in [0.15, 0.2) is 0 Å². The highest BCUT2D eigenvalue weighted by molar-refractivity contribution is 7.21. The topological polar surface area (TPSA) is 134 Å². The fourth-order valence-corrected chi connectivity index (χ4v) is 6.29. The number of halogens is 1. The minimum Gasteiger partial charge on any atom is -0.496 e. The molecule has 1 aromatic carbocycles. The summed E-state index contributed by atoms with van der Waals surface area (Å²) >= 11 is 1.24. The number of thiophene rings is 1. The fraction of sp³-hybridized carbons (Fsp3) is 0.444. The molecule has 0 bridgehead atoms. The molecule has 1 aliphatic rings. The average molecular weight is 589 g/mol. The van der Waals surface area contributed by atoms with E-state index in [0.717, 1.165) is 0 Å². The Labute approximate surface area is 239 Å². The summed E-state index contributed by atoms with van der Waals surface area (Å²) in [6.45, 7) is 4.52. The lowest BCUT2D eigenvalue weighted by molar-refractivity contribution is -0.126. The summed E-state index contributed by atoms with van der Waals surface area (Å²) in [5, 5.41) is 17.3. The van der Waals surface area contributed by atoms with E-state index < -0.39 is 22.6 Å². The second-order valence-corrected chi connectivity index (χ2v) is 10.9. The summed E-state index contributed by atoms with van der Waals surface area (Å²) in [7, 11) is 4.71. The van der Waals surface area contributed by atoms with Crippen LogP contribution in [0.3, 0.4) is 0 Å². The van der Waals surface area contributed by atoms with E-state index in [9.17, 15) is 18.8 Å². The van der Waals surface area contributed by atoms with Crippen molar-refractivity contribution in [3.8, 4) is 10.8 Å². The summed E-state index contributed by atoms with van der Waals surface area (Å²) in [6.07, 6.45) is 3.40. The van der Waals surface area contributed by atoms with Gasteiger partial charge in [0.25, 0.3) is 5.56 Å². The van der Waals surface area contributed by atoms with Crippen LogP contribution in [0.5, 0.6) is 5.75 Å². The minimum absolute atomic E-state index is 0.0403. The molecule has 1 N–H and O–H groups in total. The molecule has 12 nitrogen and oxygen atoms in total. The van der Waals surface area contributed by atoms with Crippen molar-refractivity contribution in [1.29, 1.82) is 0 Å². The monoisotopic (exact) mass is 588 g/mol. The van der Waals surface area contributed by atoms with Gasteiger partial charge >= 0.3 is 5.69 Å². The highest BCUT2D eigenvalue weighted by Crippen LogP contribution is 2.33. The highest BCUT2D eigenvalue weighted by atomic mass is 32.1. The zero-order chi connectivity index (χ0) is 29.9. The molecule has 1 fully saturated rings. The molecule has 1 atom stereocenters. The number of amides is 1. The molecule has 0 unspecified atom stereocenters. The van der Waals surface area contributed by atoms with Gasteiger partial charge in [0.05, 0.1) is 50.1 Å². The zero-order valence-electron chi connectivity index (χ0n) is 23.6. The van der Waals surface area contributed by atoms with Crippen LogP contribution in [-0.4, -0.2) is 81.1 Å². The van der Waals surface area contributed by atoms with Crippen molar-refractivity contribution < 1.29 is 23.8 Å². The van der Waals surface area contributed by atoms with Crippen LogP contribution in [0, 0.1) is 12.7 Å². The van der Waals surface area contributed by atoms with Gasteiger partial charge in [0, 0.05) is 32.8 Å². The molecule has 14 heteroatoms.